The Bertz CT molecular complexity index is 508. The monoisotopic (exact) mass is 463 g/mol. The van der Waals surface area contributed by atoms with Gasteiger partial charge in [-0.05, 0) is 25.8 Å². The second kappa shape index (κ2) is 13.2. The van der Waals surface area contributed by atoms with Gasteiger partial charge in [0.05, 0.1) is 19.3 Å². The Hall–Kier alpha value is -1.06. The molecular formula is C18H30IN3O3. The second-order valence-electron chi connectivity index (χ2n) is 5.60. The zero-order chi connectivity index (χ0) is 17.0. The number of para-hydroxylation sites is 1. The van der Waals surface area contributed by atoms with Gasteiger partial charge in [-0.1, -0.05) is 18.2 Å². The molecule has 25 heavy (non-hydrogen) atoms. The van der Waals surface area contributed by atoms with Crippen molar-refractivity contribution in [2.45, 2.75) is 32.4 Å². The molecule has 7 heteroatoms. The number of benzene rings is 1. The van der Waals surface area contributed by atoms with Crippen LogP contribution in [0.25, 0.3) is 0 Å². The van der Waals surface area contributed by atoms with Crippen molar-refractivity contribution in [2.75, 3.05) is 40.0 Å². The van der Waals surface area contributed by atoms with E-state index < -0.39 is 0 Å². The third-order valence-electron chi connectivity index (χ3n) is 3.80. The highest BCUT2D eigenvalue weighted by Gasteiger charge is 2.15. The van der Waals surface area contributed by atoms with Crippen LogP contribution >= 0.6 is 24.0 Å². The first-order valence-electron chi connectivity index (χ1n) is 8.68. The van der Waals surface area contributed by atoms with Gasteiger partial charge in [0, 0.05) is 38.9 Å². The summed E-state index contributed by atoms with van der Waals surface area (Å²) in [6, 6.07) is 8.04. The van der Waals surface area contributed by atoms with E-state index in [1.54, 1.807) is 7.05 Å². The van der Waals surface area contributed by atoms with Crippen molar-refractivity contribution in [2.24, 2.45) is 4.99 Å². The molecule has 1 unspecified atom stereocenters. The highest BCUT2D eigenvalue weighted by Crippen LogP contribution is 2.17. The molecule has 1 heterocycles. The van der Waals surface area contributed by atoms with Crippen molar-refractivity contribution in [3.8, 4) is 5.75 Å². The fourth-order valence-corrected chi connectivity index (χ4v) is 2.52. The summed E-state index contributed by atoms with van der Waals surface area (Å²) in [5.41, 5.74) is 1.12. The Balaban J connectivity index is 0.00000312. The van der Waals surface area contributed by atoms with Crippen LogP contribution in [0.1, 0.15) is 25.3 Å². The lowest BCUT2D eigenvalue weighted by atomic mass is 10.2. The number of rotatable bonds is 9. The van der Waals surface area contributed by atoms with Gasteiger partial charge in [-0.3, -0.25) is 4.99 Å². The van der Waals surface area contributed by atoms with Gasteiger partial charge in [-0.15, -0.1) is 24.0 Å². The van der Waals surface area contributed by atoms with E-state index in [2.05, 4.69) is 21.7 Å². The minimum absolute atomic E-state index is 0. The number of hydrogen-bond acceptors (Lipinski definition) is 4. The Labute approximate surface area is 167 Å². The third-order valence-corrected chi connectivity index (χ3v) is 3.80. The average molecular weight is 463 g/mol. The molecule has 0 amide bonds. The van der Waals surface area contributed by atoms with Crippen molar-refractivity contribution >= 4 is 29.9 Å². The molecule has 0 aliphatic carbocycles. The van der Waals surface area contributed by atoms with E-state index in [0.717, 1.165) is 56.5 Å². The molecule has 0 aromatic heterocycles. The van der Waals surface area contributed by atoms with Gasteiger partial charge in [-0.25, -0.2) is 0 Å². The quantitative estimate of drug-likeness (QED) is 0.255. The summed E-state index contributed by atoms with van der Waals surface area (Å²) in [7, 11) is 1.77. The molecule has 1 aromatic rings. The summed E-state index contributed by atoms with van der Waals surface area (Å²) < 4.78 is 16.7. The Kier molecular flexibility index (Phi) is 11.6. The van der Waals surface area contributed by atoms with Crippen molar-refractivity contribution in [1.29, 1.82) is 0 Å². The zero-order valence-corrected chi connectivity index (χ0v) is 17.5. The third kappa shape index (κ3) is 8.24. The van der Waals surface area contributed by atoms with Gasteiger partial charge in [-0.2, -0.15) is 0 Å². The minimum atomic E-state index is 0. The minimum Gasteiger partial charge on any atom is -0.494 e. The van der Waals surface area contributed by atoms with Crippen LogP contribution in [0.3, 0.4) is 0 Å². The van der Waals surface area contributed by atoms with Crippen molar-refractivity contribution in [3.63, 3.8) is 0 Å². The van der Waals surface area contributed by atoms with E-state index in [1.165, 1.54) is 0 Å². The Morgan fingerprint density at radius 3 is 2.88 bits per heavy atom. The van der Waals surface area contributed by atoms with E-state index in [0.29, 0.717) is 13.2 Å². The molecule has 1 fully saturated rings. The van der Waals surface area contributed by atoms with Crippen molar-refractivity contribution in [1.82, 2.24) is 10.6 Å². The van der Waals surface area contributed by atoms with Crippen LogP contribution in [0.4, 0.5) is 0 Å². The molecule has 1 aliphatic heterocycles. The zero-order valence-electron chi connectivity index (χ0n) is 15.1. The molecule has 0 saturated carbocycles. The molecule has 1 saturated heterocycles. The van der Waals surface area contributed by atoms with Crippen molar-refractivity contribution < 1.29 is 14.2 Å². The topological polar surface area (TPSA) is 64.1 Å². The molecule has 0 bridgehead atoms. The molecule has 2 N–H and O–H groups in total. The van der Waals surface area contributed by atoms with Gasteiger partial charge in [0.15, 0.2) is 5.96 Å². The van der Waals surface area contributed by atoms with Crippen LogP contribution < -0.4 is 15.4 Å². The van der Waals surface area contributed by atoms with Gasteiger partial charge < -0.3 is 24.8 Å². The first kappa shape index (κ1) is 22.0. The highest BCUT2D eigenvalue weighted by molar-refractivity contribution is 14.0. The number of nitrogens with zero attached hydrogens (tertiary/aromatic N) is 1. The van der Waals surface area contributed by atoms with E-state index >= 15 is 0 Å². The van der Waals surface area contributed by atoms with Crippen molar-refractivity contribution in [3.05, 3.63) is 29.8 Å². The summed E-state index contributed by atoms with van der Waals surface area (Å²) in [5.74, 6) is 1.70. The number of aliphatic imine (C=N–C) groups is 1. The molecule has 2 rings (SSSR count). The summed E-state index contributed by atoms with van der Waals surface area (Å²) in [4.78, 5) is 4.25. The smallest absolute Gasteiger partial charge is 0.191 e. The summed E-state index contributed by atoms with van der Waals surface area (Å²) >= 11 is 0. The summed E-state index contributed by atoms with van der Waals surface area (Å²) in [6.45, 7) is 6.44. The van der Waals surface area contributed by atoms with E-state index in [1.807, 2.05) is 25.1 Å². The van der Waals surface area contributed by atoms with E-state index in [-0.39, 0.29) is 30.1 Å². The predicted molar refractivity (Wildman–Crippen MR) is 111 cm³/mol. The van der Waals surface area contributed by atoms with Crippen LogP contribution in [-0.4, -0.2) is 52.1 Å². The molecule has 1 aromatic carbocycles. The maximum absolute atomic E-state index is 5.75. The number of hydrogen-bond donors (Lipinski definition) is 2. The second-order valence-corrected chi connectivity index (χ2v) is 5.60. The Morgan fingerprint density at radius 1 is 1.32 bits per heavy atom. The van der Waals surface area contributed by atoms with Gasteiger partial charge in [0.25, 0.3) is 0 Å². The fourth-order valence-electron chi connectivity index (χ4n) is 2.52. The maximum Gasteiger partial charge on any atom is 0.191 e. The normalized spacial score (nSPS) is 17.0. The molecule has 142 valence electrons. The SMILES string of the molecule is CCOc1ccccc1CNC(=NC)NCCCOC1CCOC1.I. The largest absolute Gasteiger partial charge is 0.494 e. The molecule has 1 aliphatic rings. The lowest BCUT2D eigenvalue weighted by Gasteiger charge is -2.15. The van der Waals surface area contributed by atoms with E-state index in [4.69, 9.17) is 14.2 Å². The number of halogens is 1. The molecule has 6 nitrogen and oxygen atoms in total. The molecular weight excluding hydrogens is 433 g/mol. The van der Waals surface area contributed by atoms with Crippen LogP contribution in [0.2, 0.25) is 0 Å². The molecule has 0 spiro atoms. The lowest BCUT2D eigenvalue weighted by Crippen LogP contribution is -2.37. The number of guanidine groups is 1. The lowest BCUT2D eigenvalue weighted by molar-refractivity contribution is 0.0420. The number of nitrogens with one attached hydrogen (secondary N) is 2. The van der Waals surface area contributed by atoms with Crippen LogP contribution in [-0.2, 0) is 16.0 Å². The summed E-state index contributed by atoms with van der Waals surface area (Å²) in [6.07, 6.45) is 2.22. The highest BCUT2D eigenvalue weighted by atomic mass is 127. The van der Waals surface area contributed by atoms with Gasteiger partial charge in [0.2, 0.25) is 0 Å². The Morgan fingerprint density at radius 2 is 2.16 bits per heavy atom. The first-order chi connectivity index (χ1) is 11.8. The summed E-state index contributed by atoms with van der Waals surface area (Å²) in [5, 5.41) is 6.62. The van der Waals surface area contributed by atoms with Crippen LogP contribution in [0, 0.1) is 0 Å². The molecule has 0 radical (unpaired) electrons. The average Bonchev–Trinajstić information content (AvgIpc) is 3.12. The number of ether oxygens (including phenoxy) is 3. The standard InChI is InChI=1S/C18H29N3O3.HI/c1-3-23-17-8-5-4-7-15(17)13-21-18(19-2)20-10-6-11-24-16-9-12-22-14-16;/h4-5,7-8,16H,3,6,9-14H2,1-2H3,(H2,19,20,21);1H. The fraction of sp³-hybridized carbons (Fsp3) is 0.611. The molecule has 1 atom stereocenters. The predicted octanol–water partition coefficient (Wildman–Crippen LogP) is 2.56. The maximum atomic E-state index is 5.75. The van der Waals surface area contributed by atoms with Gasteiger partial charge >= 0.3 is 0 Å². The van der Waals surface area contributed by atoms with E-state index in [9.17, 15) is 0 Å². The van der Waals surface area contributed by atoms with Crippen LogP contribution in [0.5, 0.6) is 5.75 Å². The van der Waals surface area contributed by atoms with Gasteiger partial charge in [0.1, 0.15) is 5.75 Å². The first-order valence-corrected chi connectivity index (χ1v) is 8.68. The van der Waals surface area contributed by atoms with Crippen LogP contribution in [0.15, 0.2) is 29.3 Å².